The predicted octanol–water partition coefficient (Wildman–Crippen LogP) is 0.459. The van der Waals surface area contributed by atoms with Crippen LogP contribution in [-0.2, 0) is 9.47 Å². The Bertz CT molecular complexity index is 371. The smallest absolute Gasteiger partial charge is 0.191 e. The molecule has 2 heterocycles. The number of morpholine rings is 2. The fourth-order valence-electron chi connectivity index (χ4n) is 2.75. The third-order valence-electron chi connectivity index (χ3n) is 4.28. The summed E-state index contributed by atoms with van der Waals surface area (Å²) in [5, 5.41) is 0. The normalized spacial score (nSPS) is 19.7. The second-order valence-electron chi connectivity index (χ2n) is 6.09. The first-order valence-corrected chi connectivity index (χ1v) is 9.02. The van der Waals surface area contributed by atoms with E-state index in [-0.39, 0.29) is 24.0 Å². The van der Waals surface area contributed by atoms with Crippen LogP contribution in [0.15, 0.2) is 9.98 Å². The SMILES string of the molecule is I.NC(=NCCCCCCN=C(N)N1CCOCC1)N1CCOCC1. The van der Waals surface area contributed by atoms with Gasteiger partial charge in [-0.2, -0.15) is 0 Å². The molecule has 0 radical (unpaired) electrons. The van der Waals surface area contributed by atoms with Gasteiger partial charge in [-0.25, -0.2) is 0 Å². The number of halogens is 1. The van der Waals surface area contributed by atoms with E-state index in [0.717, 1.165) is 91.4 Å². The van der Waals surface area contributed by atoms with Gasteiger partial charge in [-0.15, -0.1) is 24.0 Å². The molecule has 0 saturated carbocycles. The fraction of sp³-hybridized carbons (Fsp3) is 0.875. The Balaban J connectivity index is 0.00000312. The number of hydrogen-bond acceptors (Lipinski definition) is 4. The summed E-state index contributed by atoms with van der Waals surface area (Å²) in [6.07, 6.45) is 4.42. The van der Waals surface area contributed by atoms with Crippen molar-refractivity contribution < 1.29 is 9.47 Å². The van der Waals surface area contributed by atoms with Crippen LogP contribution in [0.2, 0.25) is 0 Å². The molecule has 0 amide bonds. The van der Waals surface area contributed by atoms with Crippen molar-refractivity contribution in [2.45, 2.75) is 25.7 Å². The number of ether oxygens (including phenoxy) is 2. The van der Waals surface area contributed by atoms with Gasteiger partial charge in [0.05, 0.1) is 26.4 Å². The minimum Gasteiger partial charge on any atom is -0.378 e. The number of rotatable bonds is 7. The molecular weight excluding hydrogens is 435 g/mol. The van der Waals surface area contributed by atoms with Crippen LogP contribution in [0.4, 0.5) is 0 Å². The topological polar surface area (TPSA) is 102 Å². The summed E-state index contributed by atoms with van der Waals surface area (Å²) >= 11 is 0. The summed E-state index contributed by atoms with van der Waals surface area (Å²) in [5.74, 6) is 1.31. The molecule has 4 N–H and O–H groups in total. The second-order valence-corrected chi connectivity index (χ2v) is 6.09. The maximum Gasteiger partial charge on any atom is 0.191 e. The van der Waals surface area contributed by atoms with Crippen molar-refractivity contribution in [3.63, 3.8) is 0 Å². The van der Waals surface area contributed by atoms with Crippen molar-refractivity contribution in [1.82, 2.24) is 9.80 Å². The molecule has 0 spiro atoms. The lowest BCUT2D eigenvalue weighted by Gasteiger charge is -2.27. The highest BCUT2D eigenvalue weighted by atomic mass is 127. The van der Waals surface area contributed by atoms with Gasteiger partial charge < -0.3 is 30.7 Å². The van der Waals surface area contributed by atoms with Crippen molar-refractivity contribution in [3.8, 4) is 0 Å². The molecule has 2 aliphatic heterocycles. The Morgan fingerprint density at radius 1 is 0.680 bits per heavy atom. The molecule has 0 aromatic rings. The first kappa shape index (κ1) is 22.2. The van der Waals surface area contributed by atoms with Crippen LogP contribution >= 0.6 is 24.0 Å². The Labute approximate surface area is 168 Å². The fourth-order valence-corrected chi connectivity index (χ4v) is 2.75. The van der Waals surface area contributed by atoms with Crippen LogP contribution in [0.5, 0.6) is 0 Å². The molecule has 2 saturated heterocycles. The molecule has 8 nitrogen and oxygen atoms in total. The lowest BCUT2D eigenvalue weighted by atomic mass is 10.2. The quantitative estimate of drug-likeness (QED) is 0.244. The van der Waals surface area contributed by atoms with E-state index in [1.54, 1.807) is 0 Å². The molecular formula is C16H33IN6O2. The van der Waals surface area contributed by atoms with Crippen LogP contribution < -0.4 is 11.5 Å². The summed E-state index contributed by atoms with van der Waals surface area (Å²) in [6.45, 7) is 7.93. The van der Waals surface area contributed by atoms with Crippen LogP contribution in [0, 0.1) is 0 Å². The molecule has 0 unspecified atom stereocenters. The number of hydrogen-bond donors (Lipinski definition) is 2. The number of nitrogens with zero attached hydrogens (tertiary/aromatic N) is 4. The van der Waals surface area contributed by atoms with E-state index in [0.29, 0.717) is 11.9 Å². The Morgan fingerprint density at radius 3 is 1.40 bits per heavy atom. The van der Waals surface area contributed by atoms with E-state index in [2.05, 4.69) is 19.8 Å². The summed E-state index contributed by atoms with van der Waals surface area (Å²) in [5.41, 5.74) is 12.0. The predicted molar refractivity (Wildman–Crippen MR) is 112 cm³/mol. The number of guanidine groups is 2. The van der Waals surface area contributed by atoms with Gasteiger partial charge in [0.1, 0.15) is 0 Å². The third-order valence-corrected chi connectivity index (χ3v) is 4.28. The van der Waals surface area contributed by atoms with Gasteiger partial charge >= 0.3 is 0 Å². The molecule has 0 aliphatic carbocycles. The highest BCUT2D eigenvalue weighted by molar-refractivity contribution is 14.0. The van der Waals surface area contributed by atoms with E-state index in [4.69, 9.17) is 20.9 Å². The molecule has 9 heteroatoms. The molecule has 2 aliphatic rings. The largest absolute Gasteiger partial charge is 0.378 e. The van der Waals surface area contributed by atoms with Gasteiger partial charge in [0.15, 0.2) is 11.9 Å². The average molecular weight is 468 g/mol. The molecule has 0 atom stereocenters. The Morgan fingerprint density at radius 2 is 1.04 bits per heavy atom. The van der Waals surface area contributed by atoms with Gasteiger partial charge in [-0.05, 0) is 12.8 Å². The molecule has 0 bridgehead atoms. The number of nitrogens with two attached hydrogens (primary N) is 2. The maximum absolute atomic E-state index is 5.99. The Kier molecular flexibility index (Phi) is 11.9. The monoisotopic (exact) mass is 468 g/mol. The van der Waals surface area contributed by atoms with Gasteiger partial charge in [-0.3, -0.25) is 9.98 Å². The first-order valence-electron chi connectivity index (χ1n) is 9.02. The van der Waals surface area contributed by atoms with Gasteiger partial charge in [0.2, 0.25) is 0 Å². The molecule has 2 rings (SSSR count). The van der Waals surface area contributed by atoms with Crippen molar-refractivity contribution in [3.05, 3.63) is 0 Å². The van der Waals surface area contributed by atoms with Crippen molar-refractivity contribution in [1.29, 1.82) is 0 Å². The lowest BCUT2D eigenvalue weighted by Crippen LogP contribution is -2.44. The van der Waals surface area contributed by atoms with E-state index in [1.807, 2.05) is 0 Å². The maximum atomic E-state index is 5.99. The molecule has 25 heavy (non-hydrogen) atoms. The molecule has 0 aromatic heterocycles. The third kappa shape index (κ3) is 8.91. The minimum absolute atomic E-state index is 0. The van der Waals surface area contributed by atoms with E-state index in [9.17, 15) is 0 Å². The number of unbranched alkanes of at least 4 members (excludes halogenated alkanes) is 3. The average Bonchev–Trinajstić information content (AvgIpc) is 2.65. The van der Waals surface area contributed by atoms with Crippen LogP contribution in [0.25, 0.3) is 0 Å². The van der Waals surface area contributed by atoms with Gasteiger partial charge in [0.25, 0.3) is 0 Å². The summed E-state index contributed by atoms with van der Waals surface area (Å²) in [6, 6.07) is 0. The standard InChI is InChI=1S/C16H32N6O2.HI/c17-15(21-7-11-23-12-8-21)19-5-3-1-2-4-6-20-16(18)22-9-13-24-14-10-22;/h1-14H2,(H2,17,19)(H2,18,20);1H. The van der Waals surface area contributed by atoms with E-state index < -0.39 is 0 Å². The van der Waals surface area contributed by atoms with Crippen molar-refractivity contribution >= 4 is 35.9 Å². The highest BCUT2D eigenvalue weighted by Crippen LogP contribution is 2.03. The van der Waals surface area contributed by atoms with Gasteiger partial charge in [0, 0.05) is 39.3 Å². The lowest BCUT2D eigenvalue weighted by molar-refractivity contribution is 0.0674. The molecule has 2 fully saturated rings. The zero-order valence-electron chi connectivity index (χ0n) is 15.1. The van der Waals surface area contributed by atoms with Crippen LogP contribution in [-0.4, -0.2) is 87.4 Å². The summed E-state index contributed by atoms with van der Waals surface area (Å²) < 4.78 is 10.6. The van der Waals surface area contributed by atoms with Crippen molar-refractivity contribution in [2.75, 3.05) is 65.7 Å². The Hall–Kier alpha value is -0.810. The van der Waals surface area contributed by atoms with Crippen molar-refractivity contribution in [2.24, 2.45) is 21.5 Å². The molecule has 146 valence electrons. The zero-order valence-corrected chi connectivity index (χ0v) is 17.4. The first-order chi connectivity index (χ1) is 11.8. The van der Waals surface area contributed by atoms with E-state index in [1.165, 1.54) is 0 Å². The van der Waals surface area contributed by atoms with Gasteiger partial charge in [-0.1, -0.05) is 12.8 Å². The second kappa shape index (κ2) is 13.4. The number of aliphatic imine (C=N–C) groups is 2. The van der Waals surface area contributed by atoms with Crippen LogP contribution in [0.1, 0.15) is 25.7 Å². The summed E-state index contributed by atoms with van der Waals surface area (Å²) in [4.78, 5) is 13.1. The zero-order chi connectivity index (χ0) is 17.0. The summed E-state index contributed by atoms with van der Waals surface area (Å²) in [7, 11) is 0. The van der Waals surface area contributed by atoms with E-state index >= 15 is 0 Å². The molecule has 0 aromatic carbocycles. The van der Waals surface area contributed by atoms with Crippen LogP contribution in [0.3, 0.4) is 0 Å². The highest BCUT2D eigenvalue weighted by Gasteiger charge is 2.12. The minimum atomic E-state index is 0.